The number of aromatic nitrogens is 2. The van der Waals surface area contributed by atoms with Gasteiger partial charge in [-0.3, -0.25) is 9.59 Å². The topological polar surface area (TPSA) is 76.0 Å². The molecule has 2 N–H and O–H groups in total. The number of para-hydroxylation sites is 1. The Balaban J connectivity index is 1.59. The van der Waals surface area contributed by atoms with Gasteiger partial charge in [-0.1, -0.05) is 140 Å². The van der Waals surface area contributed by atoms with Gasteiger partial charge in [0.05, 0.1) is 17.1 Å². The van der Waals surface area contributed by atoms with E-state index in [1.165, 1.54) is 0 Å². The van der Waals surface area contributed by atoms with E-state index in [1.54, 1.807) is 0 Å². The van der Waals surface area contributed by atoms with Crippen molar-refractivity contribution in [1.82, 2.24) is 20.4 Å². The normalized spacial score (nSPS) is 19.1. The number of hydrogen-bond donors (Lipinski definition) is 2. The summed E-state index contributed by atoms with van der Waals surface area (Å²) in [7, 11) is 0. The van der Waals surface area contributed by atoms with E-state index in [-0.39, 0.29) is 5.11 Å². The first kappa shape index (κ1) is 29.5. The van der Waals surface area contributed by atoms with E-state index in [0.717, 1.165) is 50.5 Å². The number of carbonyl (C=O) groups excluding carboxylic acids is 2. The quantitative estimate of drug-likeness (QED) is 0.151. The maximum Gasteiger partial charge on any atom is 0.243 e. The van der Waals surface area contributed by atoms with Gasteiger partial charge in [0.25, 0.3) is 0 Å². The molecule has 1 aliphatic carbocycles. The Kier molecular flexibility index (Phi) is 7.39. The summed E-state index contributed by atoms with van der Waals surface area (Å²) < 4.78 is 1.96. The van der Waals surface area contributed by atoms with Crippen molar-refractivity contribution in [3.63, 3.8) is 0 Å². The van der Waals surface area contributed by atoms with Gasteiger partial charge in [-0.25, -0.2) is 4.68 Å². The molecule has 6 nitrogen and oxygen atoms in total. The summed E-state index contributed by atoms with van der Waals surface area (Å²) in [5.74, 6) is -2.38. The van der Waals surface area contributed by atoms with Crippen molar-refractivity contribution < 1.29 is 9.59 Å². The van der Waals surface area contributed by atoms with Crippen molar-refractivity contribution in [2.45, 2.75) is 11.8 Å². The van der Waals surface area contributed by atoms with Crippen LogP contribution in [0.25, 0.3) is 28.6 Å². The fraction of sp³-hybridized carbons (Fsp3) is 0.0732. The van der Waals surface area contributed by atoms with Crippen molar-refractivity contribution in [1.29, 1.82) is 0 Å². The summed E-state index contributed by atoms with van der Waals surface area (Å²) in [5.41, 5.74) is 5.75. The number of benzene rings is 5. The molecule has 1 aromatic heterocycles. The fourth-order valence-electron chi connectivity index (χ4n) is 7.44. The zero-order valence-electron chi connectivity index (χ0n) is 25.8. The lowest BCUT2D eigenvalue weighted by Crippen LogP contribution is -2.67. The molecule has 6 aromatic rings. The molecule has 2 aliphatic rings. The molecule has 1 fully saturated rings. The van der Waals surface area contributed by atoms with Crippen molar-refractivity contribution in [3.8, 4) is 16.9 Å². The number of amides is 2. The molecule has 1 aliphatic heterocycles. The molecule has 1 saturated heterocycles. The van der Waals surface area contributed by atoms with Gasteiger partial charge in [0, 0.05) is 23.0 Å². The zero-order chi connectivity index (χ0) is 32.7. The molecule has 7 heteroatoms. The van der Waals surface area contributed by atoms with Crippen LogP contribution in [0.4, 0.5) is 0 Å². The number of thiocarbonyl (C=S) groups is 1. The average molecular weight is 643 g/mol. The molecule has 0 saturated carbocycles. The van der Waals surface area contributed by atoms with Gasteiger partial charge in [-0.15, -0.1) is 0 Å². The van der Waals surface area contributed by atoms with Gasteiger partial charge in [-0.05, 0) is 52.7 Å². The highest BCUT2D eigenvalue weighted by molar-refractivity contribution is 7.80. The van der Waals surface area contributed by atoms with Crippen LogP contribution in [0.3, 0.4) is 0 Å². The number of nitrogens with one attached hydrogen (secondary N) is 2. The second-order valence-corrected chi connectivity index (χ2v) is 12.4. The molecule has 2 atom stereocenters. The van der Waals surface area contributed by atoms with Crippen LogP contribution in [0.1, 0.15) is 39.8 Å². The monoisotopic (exact) mass is 642 g/mol. The highest BCUT2D eigenvalue weighted by Gasteiger charge is 2.65. The van der Waals surface area contributed by atoms with Crippen LogP contribution < -0.4 is 10.6 Å². The van der Waals surface area contributed by atoms with Gasteiger partial charge >= 0.3 is 0 Å². The molecule has 1 spiro atoms. The lowest BCUT2D eigenvalue weighted by molar-refractivity contribution is -0.145. The van der Waals surface area contributed by atoms with Crippen LogP contribution in [-0.2, 0) is 9.59 Å². The molecule has 2 heterocycles. The van der Waals surface area contributed by atoms with Crippen LogP contribution in [0.2, 0.25) is 0 Å². The van der Waals surface area contributed by atoms with E-state index in [0.29, 0.717) is 0 Å². The van der Waals surface area contributed by atoms with Crippen molar-refractivity contribution in [2.75, 3.05) is 0 Å². The Bertz CT molecular complexity index is 2160. The lowest BCUT2D eigenvalue weighted by Gasteiger charge is -2.49. The number of fused-ring (bicyclic) bond motifs is 1. The van der Waals surface area contributed by atoms with Crippen LogP contribution >= 0.6 is 12.2 Å². The van der Waals surface area contributed by atoms with Gasteiger partial charge < -0.3 is 10.6 Å². The van der Waals surface area contributed by atoms with Crippen LogP contribution in [-0.4, -0.2) is 26.7 Å². The average Bonchev–Trinajstić information content (AvgIpc) is 3.53. The number of rotatable bonds is 5. The largest absolute Gasteiger partial charge is 0.302 e. The van der Waals surface area contributed by atoms with Crippen LogP contribution in [0, 0.1) is 5.41 Å². The second kappa shape index (κ2) is 12.0. The van der Waals surface area contributed by atoms with E-state index in [9.17, 15) is 9.59 Å². The third-order valence-electron chi connectivity index (χ3n) is 9.35. The van der Waals surface area contributed by atoms with Crippen LogP contribution in [0.5, 0.6) is 0 Å². The van der Waals surface area contributed by atoms with Crippen molar-refractivity contribution in [2.24, 2.45) is 5.41 Å². The Morgan fingerprint density at radius 2 is 1.10 bits per heavy atom. The minimum atomic E-state index is -1.69. The summed E-state index contributed by atoms with van der Waals surface area (Å²) in [6.07, 6.45) is 2.07. The van der Waals surface area contributed by atoms with Crippen LogP contribution in [0.15, 0.2) is 152 Å². The molecule has 5 aromatic carbocycles. The molecule has 0 radical (unpaired) electrons. The predicted octanol–water partition coefficient (Wildman–Crippen LogP) is 7.53. The third kappa shape index (κ3) is 4.70. The maximum atomic E-state index is 15.0. The number of hydrogen-bond acceptors (Lipinski definition) is 4. The first-order valence-electron chi connectivity index (χ1n) is 15.8. The molecular formula is C41H30N4O2S. The summed E-state index contributed by atoms with van der Waals surface area (Å²) in [6.45, 7) is 0. The molecule has 2 unspecified atom stereocenters. The van der Waals surface area contributed by atoms with Crippen molar-refractivity contribution in [3.05, 3.63) is 180 Å². The van der Waals surface area contributed by atoms with Gasteiger partial charge in [0.1, 0.15) is 0 Å². The van der Waals surface area contributed by atoms with E-state index < -0.39 is 29.1 Å². The van der Waals surface area contributed by atoms with Crippen molar-refractivity contribution >= 4 is 40.8 Å². The fourth-order valence-corrected chi connectivity index (χ4v) is 7.62. The summed E-state index contributed by atoms with van der Waals surface area (Å²) in [6, 6.07) is 49.6. The molecule has 48 heavy (non-hydrogen) atoms. The van der Waals surface area contributed by atoms with Gasteiger partial charge in [0.2, 0.25) is 11.8 Å². The Morgan fingerprint density at radius 3 is 1.67 bits per heavy atom. The van der Waals surface area contributed by atoms with E-state index in [1.807, 2.05) is 156 Å². The maximum absolute atomic E-state index is 15.0. The lowest BCUT2D eigenvalue weighted by atomic mass is 9.52. The minimum absolute atomic E-state index is 0.00287. The van der Waals surface area contributed by atoms with E-state index in [4.69, 9.17) is 17.3 Å². The molecule has 232 valence electrons. The molecule has 2 amide bonds. The summed E-state index contributed by atoms with van der Waals surface area (Å²) >= 11 is 5.41. The predicted molar refractivity (Wildman–Crippen MR) is 192 cm³/mol. The summed E-state index contributed by atoms with van der Waals surface area (Å²) in [5, 5.41) is 11.2. The Morgan fingerprint density at radius 1 is 0.625 bits per heavy atom. The minimum Gasteiger partial charge on any atom is -0.302 e. The standard InChI is InChI=1S/C41H30N4O2S/c46-38-41(39(47)43-40(48)42-38)34(28-18-8-2-9-19-28)32(26-27-16-6-1-7-17-27)36-33(35(41)29-20-10-3-11-21-29)37(30-22-12-4-13-23-30)45(44-36)31-24-14-5-15-25-31/h1-26,34-35H,(H2,42,43,46,47,48)/b32-26-. The van der Waals surface area contributed by atoms with Gasteiger partial charge in [0.15, 0.2) is 10.5 Å². The molecule has 8 rings (SSSR count). The molecular weight excluding hydrogens is 613 g/mol. The zero-order valence-corrected chi connectivity index (χ0v) is 26.6. The Labute approximate surface area is 283 Å². The first-order valence-corrected chi connectivity index (χ1v) is 16.3. The summed E-state index contributed by atoms with van der Waals surface area (Å²) in [4.78, 5) is 30.0. The van der Waals surface area contributed by atoms with Gasteiger partial charge in [-0.2, -0.15) is 5.10 Å². The number of nitrogens with zero attached hydrogens (tertiary/aromatic N) is 2. The SMILES string of the molecule is O=C1NC(=S)NC(=O)C12C(c1ccccc1)/C(=C/c1ccccc1)c1nn(-c3ccccc3)c(-c3ccccc3)c1C2c1ccccc1. The second-order valence-electron chi connectivity index (χ2n) is 12.0. The molecule has 0 bridgehead atoms. The highest BCUT2D eigenvalue weighted by Crippen LogP contribution is 2.63. The number of allylic oxidation sites excluding steroid dienone is 1. The van der Waals surface area contributed by atoms with E-state index in [2.05, 4.69) is 16.7 Å². The first-order chi connectivity index (χ1) is 23.6. The number of carbonyl (C=O) groups is 2. The smallest absolute Gasteiger partial charge is 0.243 e. The highest BCUT2D eigenvalue weighted by atomic mass is 32.1. The van der Waals surface area contributed by atoms with E-state index >= 15 is 0 Å². The Hall–Kier alpha value is -5.92. The third-order valence-corrected chi connectivity index (χ3v) is 9.55.